The maximum Gasteiger partial charge on any atom is 0.323 e. The summed E-state index contributed by atoms with van der Waals surface area (Å²) in [7, 11) is 0. The summed E-state index contributed by atoms with van der Waals surface area (Å²) in [6, 6.07) is 8.57. The summed E-state index contributed by atoms with van der Waals surface area (Å²) in [6.07, 6.45) is 2.13. The highest BCUT2D eigenvalue weighted by molar-refractivity contribution is 8.14. The first-order valence-electron chi connectivity index (χ1n) is 9.65. The molecule has 1 saturated heterocycles. The number of rotatable bonds is 7. The first-order chi connectivity index (χ1) is 13.6. The Morgan fingerprint density at radius 2 is 1.93 bits per heavy atom. The molecule has 1 aromatic carbocycles. The van der Waals surface area contributed by atoms with Gasteiger partial charge in [0.05, 0.1) is 5.25 Å². The van der Waals surface area contributed by atoms with E-state index in [1.54, 1.807) is 0 Å². The fourth-order valence-corrected chi connectivity index (χ4v) is 4.38. The second-order valence-electron chi connectivity index (χ2n) is 7.87. The lowest BCUT2D eigenvalue weighted by atomic mass is 9.97. The van der Waals surface area contributed by atoms with Gasteiger partial charge in [-0.15, -0.1) is 0 Å². The van der Waals surface area contributed by atoms with Gasteiger partial charge in [-0.2, -0.15) is 0 Å². The molecule has 1 aliphatic heterocycles. The van der Waals surface area contributed by atoms with Crippen molar-refractivity contribution in [3.63, 3.8) is 0 Å². The summed E-state index contributed by atoms with van der Waals surface area (Å²) < 4.78 is 0. The van der Waals surface area contributed by atoms with Crippen LogP contribution in [0.4, 0.5) is 0 Å². The molecule has 0 aliphatic carbocycles. The highest BCUT2D eigenvalue weighted by atomic mass is 32.2. The van der Waals surface area contributed by atoms with Crippen LogP contribution in [0.5, 0.6) is 0 Å². The lowest BCUT2D eigenvalue weighted by molar-refractivity contribution is -0.149. The van der Waals surface area contributed by atoms with Gasteiger partial charge < -0.3 is 15.3 Å². The van der Waals surface area contributed by atoms with Gasteiger partial charge in [-0.05, 0) is 45.1 Å². The third kappa shape index (κ3) is 6.59. The Kier molecular flexibility index (Phi) is 7.84. The number of hydrogen-bond acceptors (Lipinski definition) is 5. The molecule has 2 amide bonds. The Hall–Kier alpha value is -2.35. The number of benzene rings is 1. The molecule has 1 aromatic rings. The van der Waals surface area contributed by atoms with Crippen LogP contribution in [0.1, 0.15) is 45.6 Å². The minimum atomic E-state index is -1.09. The van der Waals surface area contributed by atoms with Gasteiger partial charge in [-0.25, -0.2) is 0 Å². The van der Waals surface area contributed by atoms with Crippen LogP contribution in [0.3, 0.4) is 0 Å². The van der Waals surface area contributed by atoms with Crippen molar-refractivity contribution in [3.8, 4) is 0 Å². The van der Waals surface area contributed by atoms with Gasteiger partial charge in [-0.1, -0.05) is 42.1 Å². The number of likely N-dealkylation sites (tertiary alicyclic amines) is 1. The maximum absolute atomic E-state index is 13.0. The number of nitrogens with one attached hydrogen (secondary N) is 1. The number of carboxylic acid groups (broad SMARTS) is 1. The average Bonchev–Trinajstić information content (AvgIpc) is 2.73. The third-order valence-electron chi connectivity index (χ3n) is 5.05. The molecule has 1 heterocycles. The van der Waals surface area contributed by atoms with Crippen LogP contribution in [0.25, 0.3) is 0 Å². The van der Waals surface area contributed by atoms with Crippen LogP contribution in [0.2, 0.25) is 0 Å². The molecule has 2 rings (SSSR count). The molecule has 0 radical (unpaired) electrons. The number of aliphatic carboxylic acids is 1. The monoisotopic (exact) mass is 420 g/mol. The van der Waals surface area contributed by atoms with Crippen LogP contribution in [0, 0.1) is 0 Å². The number of carbonyl (C=O) groups excluding carboxylic acids is 3. The molecule has 2 atom stereocenters. The van der Waals surface area contributed by atoms with Crippen molar-refractivity contribution < 1.29 is 24.3 Å². The van der Waals surface area contributed by atoms with E-state index >= 15 is 0 Å². The minimum absolute atomic E-state index is 0.179. The maximum atomic E-state index is 13.0. The van der Waals surface area contributed by atoms with Crippen molar-refractivity contribution in [2.75, 3.05) is 6.54 Å². The summed E-state index contributed by atoms with van der Waals surface area (Å²) in [4.78, 5) is 50.2. The molecular weight excluding hydrogens is 392 g/mol. The molecule has 7 nitrogen and oxygen atoms in total. The Labute approximate surface area is 175 Å². The Bertz CT molecular complexity index is 766. The second-order valence-corrected chi connectivity index (χ2v) is 9.25. The largest absolute Gasteiger partial charge is 0.480 e. The molecule has 1 fully saturated rings. The van der Waals surface area contributed by atoms with Crippen molar-refractivity contribution in [2.24, 2.45) is 0 Å². The minimum Gasteiger partial charge on any atom is -0.480 e. The number of carboxylic acids is 1. The van der Waals surface area contributed by atoms with E-state index in [0.29, 0.717) is 25.7 Å². The average molecular weight is 421 g/mol. The molecule has 0 bridgehead atoms. The summed E-state index contributed by atoms with van der Waals surface area (Å²) in [6.45, 7) is 4.67. The Morgan fingerprint density at radius 1 is 1.28 bits per heavy atom. The van der Waals surface area contributed by atoms with Gasteiger partial charge in [0.25, 0.3) is 0 Å². The number of amides is 2. The topological polar surface area (TPSA) is 104 Å². The molecule has 29 heavy (non-hydrogen) atoms. The van der Waals surface area contributed by atoms with Gasteiger partial charge in [0.2, 0.25) is 11.8 Å². The predicted molar refractivity (Wildman–Crippen MR) is 111 cm³/mol. The van der Waals surface area contributed by atoms with Crippen LogP contribution >= 0.6 is 11.8 Å². The van der Waals surface area contributed by atoms with Crippen molar-refractivity contribution >= 4 is 34.7 Å². The predicted octanol–water partition coefficient (Wildman–Crippen LogP) is 2.24. The fraction of sp³-hybridized carbons (Fsp3) is 0.524. The Balaban J connectivity index is 2.16. The van der Waals surface area contributed by atoms with Crippen LogP contribution in [0.15, 0.2) is 30.3 Å². The standard InChI is InChI=1S/C21H28N2O5S/c1-14(24)29-17(12-15-8-5-4-6-9-15)19(27)22-16-10-7-11-21(2,3)23(20(16)28)13-18(25)26/h4-6,8-9,16-17H,7,10-13H2,1-3H3,(H,22,27)(H,25,26)/t16-,17?/m0/s1. The molecule has 158 valence electrons. The van der Waals surface area contributed by atoms with Gasteiger partial charge >= 0.3 is 5.97 Å². The van der Waals surface area contributed by atoms with E-state index in [-0.39, 0.29) is 11.0 Å². The quantitative estimate of drug-likeness (QED) is 0.701. The molecule has 0 aromatic heterocycles. The zero-order valence-corrected chi connectivity index (χ0v) is 17.8. The SMILES string of the molecule is CC(=O)SC(Cc1ccccc1)C(=O)N[C@H]1CCCC(C)(C)N(CC(=O)O)C1=O. The zero-order valence-electron chi connectivity index (χ0n) is 17.0. The van der Waals surface area contributed by atoms with E-state index in [2.05, 4.69) is 5.32 Å². The first kappa shape index (κ1) is 22.9. The summed E-state index contributed by atoms with van der Waals surface area (Å²) in [5.41, 5.74) is 0.314. The fourth-order valence-electron chi connectivity index (χ4n) is 3.53. The smallest absolute Gasteiger partial charge is 0.323 e. The van der Waals surface area contributed by atoms with Gasteiger partial charge in [0.15, 0.2) is 5.12 Å². The number of thioether (sulfide) groups is 1. The lowest BCUT2D eigenvalue weighted by Gasteiger charge is -2.37. The van der Waals surface area contributed by atoms with Crippen molar-refractivity contribution in [3.05, 3.63) is 35.9 Å². The molecule has 8 heteroatoms. The highest BCUT2D eigenvalue weighted by Crippen LogP contribution is 2.28. The molecular formula is C21H28N2O5S. The normalized spacial score (nSPS) is 19.9. The summed E-state index contributed by atoms with van der Waals surface area (Å²) in [5, 5.41) is 11.1. The summed E-state index contributed by atoms with van der Waals surface area (Å²) >= 11 is 0.939. The van der Waals surface area contributed by atoms with E-state index in [4.69, 9.17) is 0 Å². The number of hydrogen-bond donors (Lipinski definition) is 2. The van der Waals surface area contributed by atoms with Crippen LogP contribution in [-0.4, -0.2) is 56.3 Å². The Morgan fingerprint density at radius 3 is 2.52 bits per heavy atom. The molecule has 2 N–H and O–H groups in total. The van der Waals surface area contributed by atoms with Gasteiger partial charge in [0.1, 0.15) is 12.6 Å². The molecule has 1 aliphatic rings. The van der Waals surface area contributed by atoms with Gasteiger partial charge in [-0.3, -0.25) is 19.2 Å². The highest BCUT2D eigenvalue weighted by Gasteiger charge is 2.40. The van der Waals surface area contributed by atoms with E-state index in [0.717, 1.165) is 17.3 Å². The van der Waals surface area contributed by atoms with Crippen molar-refractivity contribution in [1.29, 1.82) is 0 Å². The van der Waals surface area contributed by atoms with Crippen LogP contribution in [-0.2, 0) is 25.6 Å². The van der Waals surface area contributed by atoms with E-state index < -0.39 is 35.3 Å². The van der Waals surface area contributed by atoms with Crippen molar-refractivity contribution in [1.82, 2.24) is 10.2 Å². The second kappa shape index (κ2) is 9.91. The van der Waals surface area contributed by atoms with Gasteiger partial charge in [0, 0.05) is 12.5 Å². The third-order valence-corrected chi connectivity index (χ3v) is 6.05. The van der Waals surface area contributed by atoms with E-state index in [9.17, 15) is 24.3 Å². The lowest BCUT2D eigenvalue weighted by Crippen LogP contribution is -2.56. The van der Waals surface area contributed by atoms with Crippen molar-refractivity contribution in [2.45, 2.75) is 63.3 Å². The zero-order chi connectivity index (χ0) is 21.6. The number of carbonyl (C=O) groups is 4. The van der Waals surface area contributed by atoms with E-state index in [1.165, 1.54) is 11.8 Å². The van der Waals surface area contributed by atoms with E-state index in [1.807, 2.05) is 44.2 Å². The molecule has 1 unspecified atom stereocenters. The first-order valence-corrected chi connectivity index (χ1v) is 10.5. The molecule has 0 saturated carbocycles. The molecule has 0 spiro atoms. The van der Waals surface area contributed by atoms with Crippen LogP contribution < -0.4 is 5.32 Å². The summed E-state index contributed by atoms with van der Waals surface area (Å²) in [5.74, 6) is -1.87. The number of nitrogens with zero attached hydrogens (tertiary/aromatic N) is 1.